The van der Waals surface area contributed by atoms with Crippen molar-refractivity contribution in [1.82, 2.24) is 4.90 Å². The average molecular weight is 366 g/mol. The molecule has 27 heavy (non-hydrogen) atoms. The van der Waals surface area contributed by atoms with Crippen LogP contribution >= 0.6 is 0 Å². The number of carbonyl (C=O) groups excluding carboxylic acids is 1. The van der Waals surface area contributed by atoms with Gasteiger partial charge in [-0.1, -0.05) is 30.4 Å². The van der Waals surface area contributed by atoms with Gasteiger partial charge in [-0.05, 0) is 50.2 Å². The minimum absolute atomic E-state index is 0.194. The van der Waals surface area contributed by atoms with Gasteiger partial charge in [0.25, 0.3) is 5.91 Å². The van der Waals surface area contributed by atoms with E-state index in [1.807, 2.05) is 24.3 Å². The highest BCUT2D eigenvalue weighted by Crippen LogP contribution is 2.29. The van der Waals surface area contributed by atoms with Gasteiger partial charge >= 0.3 is 0 Å². The number of methoxy groups -OCH3 is 1. The molecule has 0 bridgehead atoms. The molecule has 0 saturated carbocycles. The number of amides is 1. The molecule has 0 spiro atoms. The average Bonchev–Trinajstić information content (AvgIpc) is 2.70. The number of nitrogens with one attached hydrogen (secondary N) is 1. The topological polar surface area (TPSA) is 61.8 Å². The van der Waals surface area contributed by atoms with E-state index in [9.17, 15) is 9.90 Å². The first-order valence-electron chi connectivity index (χ1n) is 9.18. The Balaban J connectivity index is 1.73. The lowest BCUT2D eigenvalue weighted by molar-refractivity contribution is 0.102. The second-order valence-corrected chi connectivity index (χ2v) is 6.79. The summed E-state index contributed by atoms with van der Waals surface area (Å²) in [6.45, 7) is 0.990. The van der Waals surface area contributed by atoms with Crippen molar-refractivity contribution < 1.29 is 14.6 Å². The summed E-state index contributed by atoms with van der Waals surface area (Å²) < 4.78 is 5.12. The molecule has 142 valence electrons. The van der Waals surface area contributed by atoms with Gasteiger partial charge in [-0.25, -0.2) is 0 Å². The maximum absolute atomic E-state index is 12.6. The molecular formula is C22H26N2O3. The molecule has 1 aliphatic heterocycles. The molecule has 5 heteroatoms. The smallest absolute Gasteiger partial charge is 0.255 e. The number of aliphatic hydroxyl groups is 1. The molecule has 0 aliphatic carbocycles. The first kappa shape index (κ1) is 19.1. The number of ether oxygens (including phenoxy) is 1. The zero-order valence-corrected chi connectivity index (χ0v) is 15.8. The van der Waals surface area contributed by atoms with E-state index < -0.39 is 6.10 Å². The lowest BCUT2D eigenvalue weighted by Gasteiger charge is -2.30. The van der Waals surface area contributed by atoms with Gasteiger partial charge in [0, 0.05) is 29.4 Å². The van der Waals surface area contributed by atoms with Crippen molar-refractivity contribution in [1.29, 1.82) is 0 Å². The Morgan fingerprint density at radius 2 is 2.00 bits per heavy atom. The number of benzene rings is 2. The summed E-state index contributed by atoms with van der Waals surface area (Å²) in [7, 11) is 3.66. The highest BCUT2D eigenvalue weighted by molar-refractivity contribution is 6.04. The molecular weight excluding hydrogens is 340 g/mol. The summed E-state index contributed by atoms with van der Waals surface area (Å²) in [4.78, 5) is 14.8. The molecule has 5 nitrogen and oxygen atoms in total. The van der Waals surface area contributed by atoms with Crippen molar-refractivity contribution in [2.45, 2.75) is 25.0 Å². The van der Waals surface area contributed by atoms with Crippen LogP contribution in [0.3, 0.4) is 0 Å². The molecule has 0 aromatic heterocycles. The molecule has 1 heterocycles. The number of anilines is 1. The number of para-hydroxylation sites is 1. The lowest BCUT2D eigenvalue weighted by Crippen LogP contribution is -2.34. The van der Waals surface area contributed by atoms with Crippen LogP contribution in [0.25, 0.3) is 0 Å². The molecule has 1 amide bonds. The Bertz CT molecular complexity index is 801. The van der Waals surface area contributed by atoms with Crippen LogP contribution in [0.15, 0.2) is 60.7 Å². The maximum atomic E-state index is 12.6. The van der Waals surface area contributed by atoms with Crippen molar-refractivity contribution >= 4 is 11.6 Å². The first-order valence-corrected chi connectivity index (χ1v) is 9.18. The fourth-order valence-corrected chi connectivity index (χ4v) is 3.30. The fraction of sp³-hybridized carbons (Fsp3) is 0.318. The largest absolute Gasteiger partial charge is 0.497 e. The van der Waals surface area contributed by atoms with Crippen molar-refractivity contribution in [2.75, 3.05) is 26.0 Å². The van der Waals surface area contributed by atoms with E-state index in [1.54, 1.807) is 31.4 Å². The number of carbonyl (C=O) groups is 1. The number of aliphatic hydroxyl groups excluding tert-OH is 1. The molecule has 0 saturated heterocycles. The van der Waals surface area contributed by atoms with Crippen LogP contribution < -0.4 is 10.1 Å². The highest BCUT2D eigenvalue weighted by atomic mass is 16.5. The van der Waals surface area contributed by atoms with Gasteiger partial charge in [0.1, 0.15) is 5.75 Å². The predicted molar refractivity (Wildman–Crippen MR) is 107 cm³/mol. The fourth-order valence-electron chi connectivity index (χ4n) is 3.30. The SMILES string of the molecule is COc1ccc(C(=O)Nc2ccccc2C(O)CC2C=CCCN2C)cc1. The normalized spacial score (nSPS) is 18.1. The van der Waals surface area contributed by atoms with E-state index in [1.165, 1.54) is 0 Å². The Hall–Kier alpha value is -2.63. The Morgan fingerprint density at radius 1 is 1.26 bits per heavy atom. The van der Waals surface area contributed by atoms with Gasteiger partial charge in [0.2, 0.25) is 0 Å². The van der Waals surface area contributed by atoms with Crippen LogP contribution in [-0.4, -0.2) is 42.7 Å². The number of rotatable bonds is 6. The highest BCUT2D eigenvalue weighted by Gasteiger charge is 2.21. The Kier molecular flexibility index (Phi) is 6.27. The van der Waals surface area contributed by atoms with Crippen LogP contribution in [0.2, 0.25) is 0 Å². The van der Waals surface area contributed by atoms with Gasteiger partial charge in [-0.3, -0.25) is 9.69 Å². The Morgan fingerprint density at radius 3 is 2.70 bits per heavy atom. The van der Waals surface area contributed by atoms with Crippen LogP contribution in [0.1, 0.15) is 34.9 Å². The zero-order chi connectivity index (χ0) is 19.2. The van der Waals surface area contributed by atoms with E-state index in [-0.39, 0.29) is 11.9 Å². The van der Waals surface area contributed by atoms with E-state index >= 15 is 0 Å². The second kappa shape index (κ2) is 8.84. The summed E-state index contributed by atoms with van der Waals surface area (Å²) in [5.74, 6) is 0.485. The molecule has 0 radical (unpaired) electrons. The third-order valence-corrected chi connectivity index (χ3v) is 4.96. The second-order valence-electron chi connectivity index (χ2n) is 6.79. The zero-order valence-electron chi connectivity index (χ0n) is 15.8. The van der Waals surface area contributed by atoms with Gasteiger partial charge in [-0.15, -0.1) is 0 Å². The van der Waals surface area contributed by atoms with Crippen molar-refractivity contribution in [3.63, 3.8) is 0 Å². The van der Waals surface area contributed by atoms with E-state index in [4.69, 9.17) is 4.74 Å². The first-order chi connectivity index (χ1) is 13.1. The molecule has 0 fully saturated rings. The maximum Gasteiger partial charge on any atom is 0.255 e. The predicted octanol–water partition coefficient (Wildman–Crippen LogP) is 3.63. The third kappa shape index (κ3) is 4.76. The molecule has 2 atom stereocenters. The minimum atomic E-state index is -0.660. The Labute approximate surface area is 160 Å². The van der Waals surface area contributed by atoms with Crippen LogP contribution in [0.5, 0.6) is 5.75 Å². The molecule has 2 aromatic rings. The lowest BCUT2D eigenvalue weighted by atomic mass is 9.97. The summed E-state index contributed by atoms with van der Waals surface area (Å²) in [5.41, 5.74) is 1.90. The third-order valence-electron chi connectivity index (χ3n) is 4.96. The summed E-state index contributed by atoms with van der Waals surface area (Å²) in [5, 5.41) is 13.7. The minimum Gasteiger partial charge on any atom is -0.497 e. The number of hydrogen-bond acceptors (Lipinski definition) is 4. The van der Waals surface area contributed by atoms with Crippen LogP contribution in [-0.2, 0) is 0 Å². The number of nitrogens with zero attached hydrogens (tertiary/aromatic N) is 1. The van der Waals surface area contributed by atoms with Crippen molar-refractivity contribution in [3.8, 4) is 5.75 Å². The van der Waals surface area contributed by atoms with Gasteiger partial charge in [0.05, 0.1) is 13.2 Å². The summed E-state index contributed by atoms with van der Waals surface area (Å²) >= 11 is 0. The van der Waals surface area contributed by atoms with Gasteiger partial charge < -0.3 is 15.2 Å². The van der Waals surface area contributed by atoms with E-state index in [0.717, 1.165) is 18.5 Å². The quantitative estimate of drug-likeness (QED) is 0.767. The summed E-state index contributed by atoms with van der Waals surface area (Å²) in [6, 6.07) is 14.5. The number of likely N-dealkylation sites (N-methyl/N-ethyl adjacent to an activating group) is 1. The van der Waals surface area contributed by atoms with E-state index in [2.05, 4.69) is 29.4 Å². The standard InChI is InChI=1S/C22H26N2O3/c1-24-14-6-5-7-17(24)15-21(25)19-8-3-4-9-20(19)23-22(26)16-10-12-18(27-2)13-11-16/h3-5,7-13,17,21,25H,6,14-15H2,1-2H3,(H,23,26). The van der Waals surface area contributed by atoms with Crippen molar-refractivity contribution in [2.24, 2.45) is 0 Å². The van der Waals surface area contributed by atoms with Gasteiger partial charge in [0.15, 0.2) is 0 Å². The molecule has 3 rings (SSSR count). The van der Waals surface area contributed by atoms with Crippen molar-refractivity contribution in [3.05, 3.63) is 71.8 Å². The molecule has 2 aromatic carbocycles. The summed E-state index contributed by atoms with van der Waals surface area (Å²) in [6.07, 6.45) is 5.27. The number of hydrogen-bond donors (Lipinski definition) is 2. The van der Waals surface area contributed by atoms with E-state index in [0.29, 0.717) is 23.4 Å². The monoisotopic (exact) mass is 366 g/mol. The van der Waals surface area contributed by atoms with Gasteiger partial charge in [-0.2, -0.15) is 0 Å². The molecule has 2 N–H and O–H groups in total. The van der Waals surface area contributed by atoms with Crippen LogP contribution in [0.4, 0.5) is 5.69 Å². The molecule has 2 unspecified atom stereocenters. The molecule has 1 aliphatic rings. The van der Waals surface area contributed by atoms with Crippen LogP contribution in [0, 0.1) is 0 Å².